The Bertz CT molecular complexity index is 1530. The van der Waals surface area contributed by atoms with Crippen LogP contribution in [0.1, 0.15) is 22.3 Å². The minimum Gasteiger partial charge on any atom is -0.266 e. The molecule has 0 N–H and O–H groups in total. The molecule has 6 nitrogen and oxygen atoms in total. The fraction of sp³-hybridized carbons (Fsp3) is 0.226. The SMILES string of the molecule is Cc1ccc(S(=O)(=O)N(CCBr)c2ccc(Cc3ccc(N(CCBr)S(=O)(=O)c4ccc(C)cc4)cc3)cc2)cc1. The summed E-state index contributed by atoms with van der Waals surface area (Å²) in [6.45, 7) is 4.44. The zero-order valence-corrected chi connectivity index (χ0v) is 27.7. The van der Waals surface area contributed by atoms with Crippen LogP contribution in [0, 0.1) is 13.8 Å². The van der Waals surface area contributed by atoms with Crippen LogP contribution in [0.2, 0.25) is 0 Å². The molecule has 4 rings (SSSR count). The lowest BCUT2D eigenvalue weighted by molar-refractivity contribution is 0.590. The number of sulfonamides is 2. The summed E-state index contributed by atoms with van der Waals surface area (Å²) >= 11 is 6.77. The standard InChI is InChI=1S/C31H32Br2N2O4S2/c1-24-3-15-30(16-4-24)40(36,37)34(21-19-32)28-11-7-26(8-12-28)23-27-9-13-29(14-10-27)35(22-20-33)41(38,39)31-17-5-25(2)6-18-31/h3-18H,19-23H2,1-2H3. The first-order valence-electron chi connectivity index (χ1n) is 13.0. The van der Waals surface area contributed by atoms with Crippen LogP contribution >= 0.6 is 31.9 Å². The summed E-state index contributed by atoms with van der Waals surface area (Å²) in [5.41, 5.74) is 5.20. The van der Waals surface area contributed by atoms with Gasteiger partial charge in [0, 0.05) is 23.7 Å². The molecule has 0 fully saturated rings. The molecule has 0 aliphatic heterocycles. The van der Waals surface area contributed by atoms with E-state index in [1.54, 1.807) is 48.5 Å². The van der Waals surface area contributed by atoms with Crippen LogP contribution in [0.4, 0.5) is 11.4 Å². The molecule has 0 aliphatic rings. The Morgan fingerprint density at radius 1 is 0.512 bits per heavy atom. The van der Waals surface area contributed by atoms with Crippen LogP contribution in [-0.4, -0.2) is 40.6 Å². The van der Waals surface area contributed by atoms with E-state index >= 15 is 0 Å². The maximum atomic E-state index is 13.4. The van der Waals surface area contributed by atoms with Crippen molar-refractivity contribution < 1.29 is 16.8 Å². The van der Waals surface area contributed by atoms with Crippen molar-refractivity contribution in [2.24, 2.45) is 0 Å². The van der Waals surface area contributed by atoms with Gasteiger partial charge < -0.3 is 0 Å². The van der Waals surface area contributed by atoms with Crippen molar-refractivity contribution >= 4 is 63.3 Å². The molecule has 0 aliphatic carbocycles. The zero-order valence-electron chi connectivity index (χ0n) is 22.9. The predicted molar refractivity (Wildman–Crippen MR) is 175 cm³/mol. The highest BCUT2D eigenvalue weighted by atomic mass is 79.9. The molecule has 0 atom stereocenters. The fourth-order valence-corrected chi connectivity index (χ4v) is 8.51. The Morgan fingerprint density at radius 3 is 1.12 bits per heavy atom. The molecule has 216 valence electrons. The van der Waals surface area contributed by atoms with Crippen molar-refractivity contribution in [1.82, 2.24) is 0 Å². The maximum absolute atomic E-state index is 13.4. The van der Waals surface area contributed by atoms with Crippen molar-refractivity contribution in [3.05, 3.63) is 119 Å². The van der Waals surface area contributed by atoms with Gasteiger partial charge in [-0.2, -0.15) is 0 Å². The number of anilines is 2. The molecule has 41 heavy (non-hydrogen) atoms. The molecule has 0 unspecified atom stereocenters. The largest absolute Gasteiger partial charge is 0.266 e. The summed E-state index contributed by atoms with van der Waals surface area (Å²) in [4.78, 5) is 0.512. The first-order valence-corrected chi connectivity index (χ1v) is 18.2. The van der Waals surface area contributed by atoms with E-state index in [0.29, 0.717) is 41.5 Å². The zero-order chi connectivity index (χ0) is 29.6. The van der Waals surface area contributed by atoms with Gasteiger partial charge in [-0.15, -0.1) is 0 Å². The Balaban J connectivity index is 1.52. The van der Waals surface area contributed by atoms with Crippen molar-refractivity contribution in [3.63, 3.8) is 0 Å². The van der Waals surface area contributed by atoms with Gasteiger partial charge in [-0.3, -0.25) is 8.61 Å². The average molecular weight is 721 g/mol. The highest BCUT2D eigenvalue weighted by Crippen LogP contribution is 2.27. The van der Waals surface area contributed by atoms with E-state index in [4.69, 9.17) is 0 Å². The normalized spacial score (nSPS) is 11.8. The quantitative estimate of drug-likeness (QED) is 0.147. The number of halogens is 2. The predicted octanol–water partition coefficient (Wildman–Crippen LogP) is 7.07. The minimum absolute atomic E-state index is 0.256. The summed E-state index contributed by atoms with van der Waals surface area (Å²) in [6, 6.07) is 28.7. The number of rotatable bonds is 12. The number of hydrogen-bond acceptors (Lipinski definition) is 4. The van der Waals surface area contributed by atoms with E-state index < -0.39 is 20.0 Å². The van der Waals surface area contributed by atoms with Gasteiger partial charge >= 0.3 is 0 Å². The van der Waals surface area contributed by atoms with Gasteiger partial charge in [0.15, 0.2) is 0 Å². The monoisotopic (exact) mass is 718 g/mol. The van der Waals surface area contributed by atoms with E-state index in [1.807, 2.05) is 62.4 Å². The van der Waals surface area contributed by atoms with Crippen molar-refractivity contribution in [1.29, 1.82) is 0 Å². The van der Waals surface area contributed by atoms with Crippen LogP contribution in [-0.2, 0) is 26.5 Å². The second-order valence-corrected chi connectivity index (χ2v) is 15.0. The number of aryl methyl sites for hydroxylation is 2. The van der Waals surface area contributed by atoms with Crippen molar-refractivity contribution in [2.45, 2.75) is 30.1 Å². The van der Waals surface area contributed by atoms with E-state index in [2.05, 4.69) is 31.9 Å². The van der Waals surface area contributed by atoms with Crippen LogP contribution in [0.3, 0.4) is 0 Å². The van der Waals surface area contributed by atoms with E-state index in [1.165, 1.54) is 8.61 Å². The summed E-state index contributed by atoms with van der Waals surface area (Å²) in [5, 5.41) is 0.996. The molecular formula is C31H32Br2N2O4S2. The van der Waals surface area contributed by atoms with E-state index in [-0.39, 0.29) is 9.79 Å². The van der Waals surface area contributed by atoms with E-state index in [9.17, 15) is 16.8 Å². The second kappa shape index (κ2) is 13.5. The van der Waals surface area contributed by atoms with Gasteiger partial charge in [0.2, 0.25) is 0 Å². The van der Waals surface area contributed by atoms with Crippen LogP contribution in [0.5, 0.6) is 0 Å². The van der Waals surface area contributed by atoms with Gasteiger partial charge in [-0.05, 0) is 79.9 Å². The molecule has 0 aromatic heterocycles. The van der Waals surface area contributed by atoms with Gasteiger partial charge in [0.1, 0.15) is 0 Å². The first-order chi connectivity index (χ1) is 19.6. The molecule has 4 aromatic rings. The van der Waals surface area contributed by atoms with Crippen molar-refractivity contribution in [3.8, 4) is 0 Å². The van der Waals surface area contributed by atoms with Crippen LogP contribution in [0.15, 0.2) is 107 Å². The third-order valence-corrected chi connectivity index (χ3v) is 11.0. The summed E-state index contributed by atoms with van der Waals surface area (Å²) in [6.07, 6.45) is 0.618. The molecule has 0 saturated carbocycles. The lowest BCUT2D eigenvalue weighted by Gasteiger charge is -2.24. The molecule has 0 heterocycles. The lowest BCUT2D eigenvalue weighted by Crippen LogP contribution is -2.32. The smallest absolute Gasteiger partial charge is 0.264 e. The van der Waals surface area contributed by atoms with Gasteiger partial charge in [0.25, 0.3) is 20.0 Å². The van der Waals surface area contributed by atoms with E-state index in [0.717, 1.165) is 22.3 Å². The minimum atomic E-state index is -3.71. The highest BCUT2D eigenvalue weighted by molar-refractivity contribution is 9.09. The Kier molecular flexibility index (Phi) is 10.3. The maximum Gasteiger partial charge on any atom is 0.264 e. The van der Waals surface area contributed by atoms with Crippen LogP contribution in [0.25, 0.3) is 0 Å². The number of benzene rings is 4. The molecule has 0 bridgehead atoms. The summed E-state index contributed by atoms with van der Waals surface area (Å²) in [5.74, 6) is 0. The molecule has 10 heteroatoms. The average Bonchev–Trinajstić information content (AvgIpc) is 2.96. The summed E-state index contributed by atoms with van der Waals surface area (Å²) in [7, 11) is -7.42. The highest BCUT2D eigenvalue weighted by Gasteiger charge is 2.25. The fourth-order valence-electron chi connectivity index (χ4n) is 4.40. The van der Waals surface area contributed by atoms with Gasteiger partial charge in [-0.25, -0.2) is 16.8 Å². The third-order valence-electron chi connectivity index (χ3n) is 6.65. The first kappa shape index (κ1) is 31.3. The Morgan fingerprint density at radius 2 is 0.829 bits per heavy atom. The van der Waals surface area contributed by atoms with Gasteiger partial charge in [0.05, 0.1) is 21.2 Å². The molecule has 4 aromatic carbocycles. The number of alkyl halides is 2. The molecule has 0 saturated heterocycles. The topological polar surface area (TPSA) is 74.8 Å². The molecule has 0 amide bonds. The van der Waals surface area contributed by atoms with Gasteiger partial charge in [-0.1, -0.05) is 91.5 Å². The Hall–Kier alpha value is -2.66. The molecule has 0 radical (unpaired) electrons. The van der Waals surface area contributed by atoms with Crippen LogP contribution < -0.4 is 8.61 Å². The Labute approximate surface area is 260 Å². The number of nitrogens with zero attached hydrogens (tertiary/aromatic N) is 2. The molecular weight excluding hydrogens is 688 g/mol. The molecule has 0 spiro atoms. The lowest BCUT2D eigenvalue weighted by atomic mass is 10.0. The number of hydrogen-bond donors (Lipinski definition) is 0. The third kappa shape index (κ3) is 7.41. The second-order valence-electron chi connectivity index (χ2n) is 9.67. The van der Waals surface area contributed by atoms with Crippen molar-refractivity contribution in [2.75, 3.05) is 32.4 Å². The summed E-state index contributed by atoms with van der Waals surface area (Å²) < 4.78 is 56.3.